The highest BCUT2D eigenvalue weighted by atomic mass is 19.1. The normalized spacial score (nSPS) is 12.7. The van der Waals surface area contributed by atoms with E-state index >= 15 is 0 Å². The molecular formula is C21H12FNO5. The largest absolute Gasteiger partial charge is 0.457 e. The summed E-state index contributed by atoms with van der Waals surface area (Å²) in [5.74, 6) is -1.76. The second-order valence-electron chi connectivity index (χ2n) is 5.91. The van der Waals surface area contributed by atoms with Crippen LogP contribution in [0, 0.1) is 5.82 Å². The molecule has 1 aliphatic heterocycles. The molecule has 7 heteroatoms. The number of carbonyl (C=O) groups is 3. The van der Waals surface area contributed by atoms with E-state index in [2.05, 4.69) is 0 Å². The molecule has 3 aromatic rings. The summed E-state index contributed by atoms with van der Waals surface area (Å²) in [5.41, 5.74) is 0.495. The summed E-state index contributed by atoms with van der Waals surface area (Å²) in [7, 11) is 0. The number of nitrogens with zero attached hydrogens (tertiary/aromatic N) is 1. The first-order valence-electron chi connectivity index (χ1n) is 8.26. The number of carbonyl (C=O) groups excluding carboxylic acids is 3. The number of halogens is 1. The Morgan fingerprint density at radius 2 is 1.25 bits per heavy atom. The molecule has 0 aromatic heterocycles. The summed E-state index contributed by atoms with van der Waals surface area (Å²) < 4.78 is 18.5. The van der Waals surface area contributed by atoms with Crippen molar-refractivity contribution < 1.29 is 28.3 Å². The average molecular weight is 377 g/mol. The van der Waals surface area contributed by atoms with Gasteiger partial charge in [0.2, 0.25) is 0 Å². The highest BCUT2D eigenvalue weighted by molar-refractivity contribution is 6.21. The van der Waals surface area contributed by atoms with Crippen molar-refractivity contribution in [3.63, 3.8) is 0 Å². The third-order valence-corrected chi connectivity index (χ3v) is 4.07. The fourth-order valence-corrected chi connectivity index (χ4v) is 2.68. The summed E-state index contributed by atoms with van der Waals surface area (Å²) >= 11 is 0. The zero-order valence-corrected chi connectivity index (χ0v) is 14.3. The molecule has 0 aliphatic carbocycles. The fourth-order valence-electron chi connectivity index (χ4n) is 2.68. The van der Waals surface area contributed by atoms with Crippen LogP contribution in [-0.2, 0) is 4.84 Å². The van der Waals surface area contributed by atoms with E-state index < -0.39 is 17.8 Å². The lowest BCUT2D eigenvalue weighted by molar-refractivity contribution is -0.0584. The Balaban J connectivity index is 1.45. The van der Waals surface area contributed by atoms with Crippen LogP contribution in [-0.4, -0.2) is 22.8 Å². The number of hydrogen-bond donors (Lipinski definition) is 0. The van der Waals surface area contributed by atoms with E-state index in [1.165, 1.54) is 60.7 Å². The van der Waals surface area contributed by atoms with Gasteiger partial charge in [0.15, 0.2) is 0 Å². The topological polar surface area (TPSA) is 72.9 Å². The van der Waals surface area contributed by atoms with Crippen LogP contribution in [0.1, 0.15) is 31.1 Å². The highest BCUT2D eigenvalue weighted by Crippen LogP contribution is 2.25. The second kappa shape index (κ2) is 6.96. The molecular weight excluding hydrogens is 365 g/mol. The van der Waals surface area contributed by atoms with Gasteiger partial charge in [-0.3, -0.25) is 9.59 Å². The lowest BCUT2D eigenvalue weighted by Crippen LogP contribution is -2.32. The van der Waals surface area contributed by atoms with Gasteiger partial charge in [0, 0.05) is 0 Å². The molecule has 28 heavy (non-hydrogen) atoms. The molecule has 0 atom stereocenters. The molecule has 6 nitrogen and oxygen atoms in total. The Morgan fingerprint density at radius 1 is 0.750 bits per heavy atom. The van der Waals surface area contributed by atoms with Crippen LogP contribution in [0.2, 0.25) is 0 Å². The zero-order valence-electron chi connectivity index (χ0n) is 14.3. The van der Waals surface area contributed by atoms with Crippen molar-refractivity contribution in [3.8, 4) is 11.5 Å². The number of amides is 2. The minimum Gasteiger partial charge on any atom is -0.457 e. The van der Waals surface area contributed by atoms with Crippen LogP contribution < -0.4 is 4.74 Å². The van der Waals surface area contributed by atoms with Gasteiger partial charge in [-0.15, -0.1) is 0 Å². The predicted octanol–water partition coefficient (Wildman–Crippen LogP) is 3.99. The minimum atomic E-state index is -0.858. The zero-order chi connectivity index (χ0) is 19.7. The molecule has 3 aromatic carbocycles. The van der Waals surface area contributed by atoms with Crippen LogP contribution in [0.5, 0.6) is 11.5 Å². The van der Waals surface area contributed by atoms with E-state index in [9.17, 15) is 18.8 Å². The van der Waals surface area contributed by atoms with E-state index in [0.29, 0.717) is 16.6 Å². The summed E-state index contributed by atoms with van der Waals surface area (Å²) in [5, 5.41) is 0.454. The van der Waals surface area contributed by atoms with Crippen molar-refractivity contribution in [3.05, 3.63) is 95.3 Å². The van der Waals surface area contributed by atoms with E-state index in [1.54, 1.807) is 12.1 Å². The number of imide groups is 1. The third-order valence-electron chi connectivity index (χ3n) is 4.07. The van der Waals surface area contributed by atoms with Crippen molar-refractivity contribution >= 4 is 17.8 Å². The first kappa shape index (κ1) is 17.4. The van der Waals surface area contributed by atoms with Crippen molar-refractivity contribution in [2.45, 2.75) is 0 Å². The lowest BCUT2D eigenvalue weighted by atomic mass is 10.1. The summed E-state index contributed by atoms with van der Waals surface area (Å²) in [4.78, 5) is 41.8. The number of hydrogen-bond acceptors (Lipinski definition) is 5. The van der Waals surface area contributed by atoms with Gasteiger partial charge in [-0.05, 0) is 60.7 Å². The molecule has 2 amide bonds. The Kier molecular flexibility index (Phi) is 4.33. The van der Waals surface area contributed by atoms with Crippen molar-refractivity contribution in [1.82, 2.24) is 5.06 Å². The van der Waals surface area contributed by atoms with Crippen LogP contribution >= 0.6 is 0 Å². The lowest BCUT2D eigenvalue weighted by Gasteiger charge is -2.13. The first-order chi connectivity index (χ1) is 13.5. The quantitative estimate of drug-likeness (QED) is 0.643. The number of benzene rings is 3. The molecule has 0 saturated carbocycles. The fraction of sp³-hybridized carbons (Fsp3) is 0. The van der Waals surface area contributed by atoms with Crippen LogP contribution in [0.25, 0.3) is 0 Å². The Bertz CT molecular complexity index is 1040. The summed E-state index contributed by atoms with van der Waals surface area (Å²) in [6.45, 7) is 0. The number of rotatable bonds is 4. The van der Waals surface area contributed by atoms with E-state index in [-0.39, 0.29) is 22.5 Å². The molecule has 4 rings (SSSR count). The smallest absolute Gasteiger partial charge is 0.363 e. The van der Waals surface area contributed by atoms with E-state index in [4.69, 9.17) is 9.57 Å². The molecule has 0 spiro atoms. The predicted molar refractivity (Wildman–Crippen MR) is 95.3 cm³/mol. The van der Waals surface area contributed by atoms with Gasteiger partial charge in [0.25, 0.3) is 11.8 Å². The standard InChI is InChI=1S/C21H12FNO5/c22-14-7-11-16(12-8-14)27-15-9-5-13(6-10-15)21(26)28-23-19(24)17-3-1-2-4-18(17)20(23)25/h1-12H. The molecule has 0 N–H and O–H groups in total. The van der Waals surface area contributed by atoms with E-state index in [1.807, 2.05) is 0 Å². The first-order valence-corrected chi connectivity index (χ1v) is 8.26. The molecule has 0 unspecified atom stereocenters. The maximum absolute atomic E-state index is 12.9. The van der Waals surface area contributed by atoms with E-state index in [0.717, 1.165) is 0 Å². The minimum absolute atomic E-state index is 0.128. The van der Waals surface area contributed by atoms with Gasteiger partial charge in [0.1, 0.15) is 17.3 Å². The molecule has 138 valence electrons. The second-order valence-corrected chi connectivity index (χ2v) is 5.91. The number of fused-ring (bicyclic) bond motifs is 1. The molecule has 1 heterocycles. The molecule has 0 fully saturated rings. The maximum Gasteiger partial charge on any atom is 0.363 e. The molecule has 0 bridgehead atoms. The monoisotopic (exact) mass is 377 g/mol. The van der Waals surface area contributed by atoms with Crippen molar-refractivity contribution in [2.24, 2.45) is 0 Å². The van der Waals surface area contributed by atoms with Gasteiger partial charge in [-0.25, -0.2) is 9.18 Å². The Morgan fingerprint density at radius 3 is 1.79 bits per heavy atom. The Hall–Kier alpha value is -4.00. The maximum atomic E-state index is 12.9. The van der Waals surface area contributed by atoms with Crippen molar-refractivity contribution in [2.75, 3.05) is 0 Å². The third kappa shape index (κ3) is 3.21. The van der Waals surface area contributed by atoms with Crippen LogP contribution in [0.3, 0.4) is 0 Å². The summed E-state index contributed by atoms with van der Waals surface area (Å²) in [6.07, 6.45) is 0. The molecule has 1 aliphatic rings. The highest BCUT2D eigenvalue weighted by Gasteiger charge is 2.38. The van der Waals surface area contributed by atoms with Gasteiger partial charge in [-0.1, -0.05) is 17.2 Å². The Labute approximate surface area is 158 Å². The summed E-state index contributed by atoms with van der Waals surface area (Å²) in [6, 6.07) is 17.6. The molecule has 0 radical (unpaired) electrons. The van der Waals surface area contributed by atoms with Crippen molar-refractivity contribution in [1.29, 1.82) is 0 Å². The van der Waals surface area contributed by atoms with Crippen LogP contribution in [0.15, 0.2) is 72.8 Å². The average Bonchev–Trinajstić information content (AvgIpc) is 2.95. The number of hydroxylamine groups is 2. The van der Waals surface area contributed by atoms with Gasteiger partial charge < -0.3 is 9.57 Å². The van der Waals surface area contributed by atoms with Gasteiger partial charge in [0.05, 0.1) is 16.7 Å². The molecule has 0 saturated heterocycles. The SMILES string of the molecule is O=C(ON1C(=O)c2ccccc2C1=O)c1ccc(Oc2ccc(F)cc2)cc1. The van der Waals surface area contributed by atoms with Crippen LogP contribution in [0.4, 0.5) is 4.39 Å². The number of ether oxygens (including phenoxy) is 1. The van der Waals surface area contributed by atoms with Gasteiger partial charge in [-0.2, -0.15) is 0 Å². The van der Waals surface area contributed by atoms with Gasteiger partial charge >= 0.3 is 5.97 Å².